The maximum absolute atomic E-state index is 11.5. The molecule has 29 heavy (non-hydrogen) atoms. The fourth-order valence-electron chi connectivity index (χ4n) is 7.40. The number of aliphatic hydroxyl groups is 2. The van der Waals surface area contributed by atoms with Gasteiger partial charge in [-0.25, -0.2) is 4.79 Å². The summed E-state index contributed by atoms with van der Waals surface area (Å²) in [5, 5.41) is 21.2. The lowest BCUT2D eigenvalue weighted by Gasteiger charge is -2.59. The molecule has 0 saturated heterocycles. The van der Waals surface area contributed by atoms with Crippen molar-refractivity contribution in [2.45, 2.75) is 71.5 Å². The van der Waals surface area contributed by atoms with Gasteiger partial charge in [0.05, 0.1) is 19.3 Å². The molecule has 0 bridgehead atoms. The van der Waals surface area contributed by atoms with Crippen LogP contribution in [-0.2, 0) is 9.53 Å². The molecule has 4 aliphatic carbocycles. The second kappa shape index (κ2) is 7.39. The highest BCUT2D eigenvalue weighted by atomic mass is 16.5. The van der Waals surface area contributed by atoms with Gasteiger partial charge in [0, 0.05) is 17.9 Å². The Morgan fingerprint density at radius 1 is 1.24 bits per heavy atom. The summed E-state index contributed by atoms with van der Waals surface area (Å²) in [7, 11) is 1.41. The van der Waals surface area contributed by atoms with Crippen molar-refractivity contribution in [3.05, 3.63) is 35.5 Å². The first kappa shape index (κ1) is 20.9. The van der Waals surface area contributed by atoms with Gasteiger partial charge in [0.1, 0.15) is 0 Å². The van der Waals surface area contributed by atoms with Gasteiger partial charge in [0.2, 0.25) is 0 Å². The van der Waals surface area contributed by atoms with Crippen LogP contribution in [0.5, 0.6) is 0 Å². The van der Waals surface area contributed by atoms with Crippen LogP contribution < -0.4 is 0 Å². The zero-order chi connectivity index (χ0) is 21.0. The molecule has 0 heterocycles. The summed E-state index contributed by atoms with van der Waals surface area (Å²) in [6.45, 7) is 6.84. The molecule has 4 heteroatoms. The zero-order valence-corrected chi connectivity index (χ0v) is 18.2. The van der Waals surface area contributed by atoms with Crippen LogP contribution in [0.1, 0.15) is 59.3 Å². The highest BCUT2D eigenvalue weighted by molar-refractivity contribution is 5.81. The average molecular weight is 401 g/mol. The van der Waals surface area contributed by atoms with Gasteiger partial charge in [-0.2, -0.15) is 0 Å². The molecule has 0 unspecified atom stereocenters. The first-order chi connectivity index (χ1) is 13.7. The molecular weight excluding hydrogens is 364 g/mol. The van der Waals surface area contributed by atoms with E-state index in [0.29, 0.717) is 24.2 Å². The van der Waals surface area contributed by atoms with E-state index in [1.807, 2.05) is 6.08 Å². The van der Waals surface area contributed by atoms with Crippen molar-refractivity contribution < 1.29 is 19.7 Å². The molecule has 160 valence electrons. The van der Waals surface area contributed by atoms with Crippen LogP contribution in [0.25, 0.3) is 0 Å². The van der Waals surface area contributed by atoms with Crippen LogP contribution in [0.4, 0.5) is 0 Å². The van der Waals surface area contributed by atoms with Crippen molar-refractivity contribution >= 4 is 5.97 Å². The van der Waals surface area contributed by atoms with Crippen molar-refractivity contribution in [3.8, 4) is 0 Å². The summed E-state index contributed by atoms with van der Waals surface area (Å²) in [6, 6.07) is 0. The third-order valence-corrected chi connectivity index (χ3v) is 9.03. The number of hydrogen-bond acceptors (Lipinski definition) is 4. The van der Waals surface area contributed by atoms with Crippen LogP contribution >= 0.6 is 0 Å². The lowest BCUT2D eigenvalue weighted by Crippen LogP contribution is -2.55. The molecule has 4 aliphatic rings. The van der Waals surface area contributed by atoms with Crippen LogP contribution in [0.2, 0.25) is 0 Å². The van der Waals surface area contributed by atoms with E-state index in [2.05, 4.69) is 32.9 Å². The second-order valence-electron chi connectivity index (χ2n) is 10.3. The molecule has 0 aromatic rings. The predicted molar refractivity (Wildman–Crippen MR) is 113 cm³/mol. The minimum Gasteiger partial charge on any atom is -0.466 e. The van der Waals surface area contributed by atoms with Gasteiger partial charge in [-0.15, -0.1) is 0 Å². The summed E-state index contributed by atoms with van der Waals surface area (Å²) < 4.78 is 4.75. The fraction of sp³-hybridized carbons (Fsp3) is 0.720. The Bertz CT molecular complexity index is 765. The number of allylic oxidation sites excluding steroid dienone is 4. The van der Waals surface area contributed by atoms with Crippen LogP contribution in [0.15, 0.2) is 35.5 Å². The monoisotopic (exact) mass is 400 g/mol. The first-order valence-corrected chi connectivity index (χ1v) is 11.2. The molecule has 8 atom stereocenters. The van der Waals surface area contributed by atoms with Crippen molar-refractivity contribution in [1.82, 2.24) is 0 Å². The van der Waals surface area contributed by atoms with E-state index in [9.17, 15) is 15.0 Å². The smallest absolute Gasteiger partial charge is 0.330 e. The van der Waals surface area contributed by atoms with E-state index in [4.69, 9.17) is 4.74 Å². The molecule has 0 aromatic heterocycles. The van der Waals surface area contributed by atoms with Crippen molar-refractivity contribution in [2.75, 3.05) is 7.11 Å². The van der Waals surface area contributed by atoms with E-state index in [1.165, 1.54) is 18.3 Å². The predicted octanol–water partition coefficient (Wildman–Crippen LogP) is 4.18. The first-order valence-electron chi connectivity index (χ1n) is 11.2. The van der Waals surface area contributed by atoms with E-state index < -0.39 is 12.2 Å². The van der Waals surface area contributed by atoms with Gasteiger partial charge in [0.15, 0.2) is 0 Å². The van der Waals surface area contributed by atoms with Gasteiger partial charge in [-0.3, -0.25) is 0 Å². The quantitative estimate of drug-likeness (QED) is 0.424. The van der Waals surface area contributed by atoms with E-state index in [0.717, 1.165) is 32.1 Å². The Balaban J connectivity index is 1.59. The third kappa shape index (κ3) is 3.14. The maximum Gasteiger partial charge on any atom is 0.330 e. The lowest BCUT2D eigenvalue weighted by atomic mass is 9.46. The van der Waals surface area contributed by atoms with Crippen LogP contribution in [0.3, 0.4) is 0 Å². The SMILES string of the molecule is COC(=O)/C=C/[C@@H](C)C1=CC[C@H]2[C@@H]3CC=C4C[C@@H](O)C[C@H](O)[C@]4(C)[C@H]3CC[C@]12C. The van der Waals surface area contributed by atoms with E-state index >= 15 is 0 Å². The van der Waals surface area contributed by atoms with Crippen molar-refractivity contribution in [2.24, 2.45) is 34.5 Å². The molecule has 0 aliphatic heterocycles. The Hall–Kier alpha value is -1.39. The molecule has 2 fully saturated rings. The Morgan fingerprint density at radius 2 is 2.00 bits per heavy atom. The minimum atomic E-state index is -0.453. The van der Waals surface area contributed by atoms with Gasteiger partial charge in [0.25, 0.3) is 0 Å². The highest BCUT2D eigenvalue weighted by Gasteiger charge is 2.59. The number of esters is 1. The fourth-order valence-corrected chi connectivity index (χ4v) is 7.40. The number of ether oxygens (including phenoxy) is 1. The number of methoxy groups -OCH3 is 1. The van der Waals surface area contributed by atoms with Crippen LogP contribution in [-0.4, -0.2) is 35.5 Å². The largest absolute Gasteiger partial charge is 0.466 e. The topological polar surface area (TPSA) is 66.8 Å². The molecule has 2 saturated carbocycles. The summed E-state index contributed by atoms with van der Waals surface area (Å²) in [5.74, 6) is 1.56. The van der Waals surface area contributed by atoms with Crippen LogP contribution in [0, 0.1) is 34.5 Å². The number of fused-ring (bicyclic) bond motifs is 5. The highest BCUT2D eigenvalue weighted by Crippen LogP contribution is 2.65. The molecule has 2 N–H and O–H groups in total. The number of carbonyl (C=O) groups excluding carboxylic acids is 1. The van der Waals surface area contributed by atoms with Crippen molar-refractivity contribution in [3.63, 3.8) is 0 Å². The normalized spacial score (nSPS) is 45.0. The molecule has 0 aromatic carbocycles. The number of hydrogen-bond donors (Lipinski definition) is 2. The standard InChI is InChI=1S/C25H36O4/c1-15(5-10-23(28)29-4)19-8-9-20-18-7-6-16-13-17(26)14-22(27)25(16,3)21(18)11-12-24(19,20)2/h5-6,8,10,15,17-18,20-22,26-27H,7,9,11-14H2,1-4H3/b10-5+/t15-,17-,18+,20+,21+,22+,24-,25+/m1/s1. The van der Waals surface area contributed by atoms with Crippen molar-refractivity contribution in [1.29, 1.82) is 0 Å². The van der Waals surface area contributed by atoms with Gasteiger partial charge in [-0.1, -0.05) is 50.1 Å². The summed E-state index contributed by atoms with van der Waals surface area (Å²) >= 11 is 0. The number of aliphatic hydroxyl groups excluding tert-OH is 2. The molecule has 4 nitrogen and oxygen atoms in total. The summed E-state index contributed by atoms with van der Waals surface area (Å²) in [5.41, 5.74) is 2.71. The zero-order valence-electron chi connectivity index (χ0n) is 18.2. The van der Waals surface area contributed by atoms with E-state index in [1.54, 1.807) is 6.08 Å². The van der Waals surface area contributed by atoms with Gasteiger partial charge < -0.3 is 14.9 Å². The Kier molecular flexibility index (Phi) is 5.31. The maximum atomic E-state index is 11.5. The Labute approximate surface area is 174 Å². The van der Waals surface area contributed by atoms with Gasteiger partial charge >= 0.3 is 5.97 Å². The third-order valence-electron chi connectivity index (χ3n) is 9.03. The number of rotatable bonds is 3. The van der Waals surface area contributed by atoms with Gasteiger partial charge in [-0.05, 0) is 61.2 Å². The average Bonchev–Trinajstić information content (AvgIpc) is 3.04. The number of carbonyl (C=O) groups is 1. The molecule has 4 rings (SSSR count). The van der Waals surface area contributed by atoms with E-state index in [-0.39, 0.29) is 22.7 Å². The molecule has 0 amide bonds. The summed E-state index contributed by atoms with van der Waals surface area (Å²) in [4.78, 5) is 11.5. The molecular formula is C25H36O4. The molecule has 0 spiro atoms. The molecule has 0 radical (unpaired) electrons. The minimum absolute atomic E-state index is 0.155. The summed E-state index contributed by atoms with van der Waals surface area (Å²) in [6.07, 6.45) is 13.0. The Morgan fingerprint density at radius 3 is 2.72 bits per heavy atom. The second-order valence-corrected chi connectivity index (χ2v) is 10.3. The lowest BCUT2D eigenvalue weighted by molar-refractivity contribution is -0.134.